The minimum atomic E-state index is -0.147. The van der Waals surface area contributed by atoms with Crippen LogP contribution in [0.1, 0.15) is 40.8 Å². The Morgan fingerprint density at radius 1 is 1.07 bits per heavy atom. The molecular weight excluding hydrogens is 514 g/mol. The van der Waals surface area contributed by atoms with Crippen molar-refractivity contribution in [2.45, 2.75) is 47.1 Å². The van der Waals surface area contributed by atoms with Gasteiger partial charge in [0.1, 0.15) is 5.76 Å². The molecule has 0 bridgehead atoms. The number of hydrogen-bond acceptors (Lipinski definition) is 6. The highest BCUT2D eigenvalue weighted by Crippen LogP contribution is 2.34. The number of amides is 2. The van der Waals surface area contributed by atoms with Gasteiger partial charge in [0.25, 0.3) is 0 Å². The van der Waals surface area contributed by atoms with E-state index in [1.807, 2.05) is 62.5 Å². The van der Waals surface area contributed by atoms with Crippen LogP contribution in [0.15, 0.2) is 59.4 Å². The Kier molecular flexibility index (Phi) is 6.86. The van der Waals surface area contributed by atoms with E-state index in [0.29, 0.717) is 31.1 Å². The highest BCUT2D eigenvalue weighted by molar-refractivity contribution is 5.91. The zero-order chi connectivity index (χ0) is 28.7. The van der Waals surface area contributed by atoms with Gasteiger partial charge in [-0.3, -0.25) is 4.68 Å². The number of carbonyl (C=O) groups is 1. The summed E-state index contributed by atoms with van der Waals surface area (Å²) in [6, 6.07) is 14.2. The third kappa shape index (κ3) is 5.11. The Balaban J connectivity index is 1.34. The van der Waals surface area contributed by atoms with Gasteiger partial charge >= 0.3 is 6.03 Å². The molecule has 41 heavy (non-hydrogen) atoms. The fourth-order valence-electron chi connectivity index (χ4n) is 5.47. The average Bonchev–Trinajstić information content (AvgIpc) is 3.56. The lowest BCUT2D eigenvalue weighted by Crippen LogP contribution is -2.39. The number of nitrogens with zero attached hydrogens (tertiary/aromatic N) is 6. The molecule has 1 aliphatic heterocycles. The van der Waals surface area contributed by atoms with Crippen molar-refractivity contribution in [1.29, 1.82) is 0 Å². The number of anilines is 1. The molecule has 9 nitrogen and oxygen atoms in total. The number of carbonyl (C=O) groups excluding carboxylic acids is 1. The van der Waals surface area contributed by atoms with Gasteiger partial charge in [-0.05, 0) is 56.0 Å². The third-order valence-electron chi connectivity index (χ3n) is 7.70. The average molecular weight is 548 g/mol. The number of aryl methyl sites for hydroxylation is 5. The Labute approximate surface area is 239 Å². The zero-order valence-electron chi connectivity index (χ0n) is 24.0. The predicted molar refractivity (Wildman–Crippen MR) is 158 cm³/mol. The van der Waals surface area contributed by atoms with E-state index in [-0.39, 0.29) is 6.03 Å². The van der Waals surface area contributed by atoms with E-state index in [2.05, 4.69) is 47.6 Å². The van der Waals surface area contributed by atoms with E-state index >= 15 is 0 Å². The lowest BCUT2D eigenvalue weighted by Gasteiger charge is -2.30. The molecule has 3 aromatic heterocycles. The van der Waals surface area contributed by atoms with Crippen molar-refractivity contribution in [3.8, 4) is 33.8 Å². The van der Waals surface area contributed by atoms with Gasteiger partial charge in [0.15, 0.2) is 5.82 Å². The summed E-state index contributed by atoms with van der Waals surface area (Å²) in [6.07, 6.45) is 5.30. The van der Waals surface area contributed by atoms with Crippen LogP contribution in [0.3, 0.4) is 0 Å². The van der Waals surface area contributed by atoms with E-state index in [1.54, 1.807) is 4.68 Å². The summed E-state index contributed by atoms with van der Waals surface area (Å²) in [7, 11) is 1.90. The number of rotatable bonds is 5. The molecule has 208 valence electrons. The predicted octanol–water partition coefficient (Wildman–Crippen LogP) is 6.28. The number of nitrogens with one attached hydrogen (secondary N) is 1. The first kappa shape index (κ1) is 26.4. The van der Waals surface area contributed by atoms with Crippen molar-refractivity contribution in [2.24, 2.45) is 7.05 Å². The SMILES string of the molecule is CCc1cc(NC(=O)N2CCc3nc(-c4c(C)noc4C)nc(-c4ccccc4C)c3C2)cc(-c2cnn(C)c2)c1. The monoisotopic (exact) mass is 547 g/mol. The Morgan fingerprint density at radius 2 is 1.90 bits per heavy atom. The smallest absolute Gasteiger partial charge is 0.322 e. The van der Waals surface area contributed by atoms with Gasteiger partial charge in [-0.1, -0.05) is 42.4 Å². The van der Waals surface area contributed by atoms with Crippen LogP contribution in [0.5, 0.6) is 0 Å². The van der Waals surface area contributed by atoms with Crippen LogP contribution in [-0.4, -0.2) is 42.4 Å². The van der Waals surface area contributed by atoms with Crippen molar-refractivity contribution in [1.82, 2.24) is 29.8 Å². The van der Waals surface area contributed by atoms with E-state index < -0.39 is 0 Å². The van der Waals surface area contributed by atoms with Gasteiger partial charge in [-0.25, -0.2) is 14.8 Å². The van der Waals surface area contributed by atoms with Gasteiger partial charge in [0, 0.05) is 48.6 Å². The summed E-state index contributed by atoms with van der Waals surface area (Å²) in [6.45, 7) is 8.93. The Morgan fingerprint density at radius 3 is 2.61 bits per heavy atom. The number of urea groups is 1. The number of fused-ring (bicyclic) bond motifs is 1. The Hall–Kier alpha value is -4.79. The molecule has 0 atom stereocenters. The molecule has 0 aliphatic carbocycles. The summed E-state index contributed by atoms with van der Waals surface area (Å²) in [5, 5.41) is 11.6. The first-order valence-corrected chi connectivity index (χ1v) is 13.9. The number of hydrogen-bond donors (Lipinski definition) is 1. The van der Waals surface area contributed by atoms with Gasteiger partial charge in [0.2, 0.25) is 0 Å². The first-order chi connectivity index (χ1) is 19.8. The second-order valence-corrected chi connectivity index (χ2v) is 10.6. The second-order valence-electron chi connectivity index (χ2n) is 10.6. The van der Waals surface area contributed by atoms with Crippen LogP contribution in [0.25, 0.3) is 33.8 Å². The van der Waals surface area contributed by atoms with Crippen molar-refractivity contribution in [3.05, 3.63) is 88.7 Å². The maximum absolute atomic E-state index is 13.6. The highest BCUT2D eigenvalue weighted by atomic mass is 16.5. The highest BCUT2D eigenvalue weighted by Gasteiger charge is 2.28. The van der Waals surface area contributed by atoms with Crippen LogP contribution < -0.4 is 5.32 Å². The largest absolute Gasteiger partial charge is 0.361 e. The summed E-state index contributed by atoms with van der Waals surface area (Å²) in [5.74, 6) is 1.30. The minimum Gasteiger partial charge on any atom is -0.361 e. The molecule has 0 unspecified atom stereocenters. The number of benzene rings is 2. The van der Waals surface area contributed by atoms with E-state index in [9.17, 15) is 4.79 Å². The third-order valence-corrected chi connectivity index (χ3v) is 7.70. The molecule has 5 aromatic rings. The molecular formula is C32H33N7O2. The lowest BCUT2D eigenvalue weighted by molar-refractivity contribution is 0.206. The molecule has 0 spiro atoms. The molecule has 0 saturated heterocycles. The quantitative estimate of drug-likeness (QED) is 0.278. The maximum Gasteiger partial charge on any atom is 0.322 e. The summed E-state index contributed by atoms with van der Waals surface area (Å²) in [4.78, 5) is 25.5. The molecule has 1 aliphatic rings. The van der Waals surface area contributed by atoms with E-state index in [4.69, 9.17) is 14.5 Å². The molecule has 9 heteroatoms. The molecule has 2 amide bonds. The van der Waals surface area contributed by atoms with Crippen LogP contribution in [0.4, 0.5) is 10.5 Å². The molecule has 0 fully saturated rings. The van der Waals surface area contributed by atoms with Crippen LogP contribution >= 0.6 is 0 Å². The molecule has 0 saturated carbocycles. The molecule has 0 radical (unpaired) electrons. The summed E-state index contributed by atoms with van der Waals surface area (Å²) >= 11 is 0. The zero-order valence-corrected chi connectivity index (χ0v) is 24.0. The molecule has 1 N–H and O–H groups in total. The fraction of sp³-hybridized carbons (Fsp3) is 0.281. The minimum absolute atomic E-state index is 0.147. The summed E-state index contributed by atoms with van der Waals surface area (Å²) < 4.78 is 7.21. The van der Waals surface area contributed by atoms with Gasteiger partial charge < -0.3 is 14.7 Å². The molecule has 2 aromatic carbocycles. The van der Waals surface area contributed by atoms with Crippen molar-refractivity contribution in [2.75, 3.05) is 11.9 Å². The maximum atomic E-state index is 13.6. The van der Waals surface area contributed by atoms with Crippen molar-refractivity contribution in [3.63, 3.8) is 0 Å². The first-order valence-electron chi connectivity index (χ1n) is 13.9. The van der Waals surface area contributed by atoms with Crippen LogP contribution in [0.2, 0.25) is 0 Å². The van der Waals surface area contributed by atoms with Crippen LogP contribution in [-0.2, 0) is 26.4 Å². The lowest BCUT2D eigenvalue weighted by atomic mass is 9.96. The molecule has 4 heterocycles. The molecule has 6 rings (SSSR count). The van der Waals surface area contributed by atoms with Gasteiger partial charge in [-0.15, -0.1) is 0 Å². The van der Waals surface area contributed by atoms with E-state index in [0.717, 1.165) is 68.1 Å². The van der Waals surface area contributed by atoms with Crippen LogP contribution in [0, 0.1) is 20.8 Å². The number of aromatic nitrogens is 5. The fourth-order valence-corrected chi connectivity index (χ4v) is 5.47. The second kappa shape index (κ2) is 10.6. The van der Waals surface area contributed by atoms with E-state index in [1.165, 1.54) is 0 Å². The standard InChI is InChI=1S/C32H33N7O2/c1-6-22-13-23(24-16-33-38(5)17-24)15-25(14-22)34-32(40)39-12-11-28-27(18-39)30(26-10-8-7-9-19(26)2)36-31(35-28)29-20(3)37-41-21(29)4/h7-10,13-17H,6,11-12,18H2,1-5H3,(H,34,40). The summed E-state index contributed by atoms with van der Waals surface area (Å²) in [5.41, 5.74) is 10.4. The van der Waals surface area contributed by atoms with Crippen molar-refractivity contribution < 1.29 is 9.32 Å². The van der Waals surface area contributed by atoms with Crippen molar-refractivity contribution >= 4 is 11.7 Å². The topological polar surface area (TPSA) is 102 Å². The van der Waals surface area contributed by atoms with Gasteiger partial charge in [0.05, 0.1) is 35.4 Å². The van der Waals surface area contributed by atoms with Gasteiger partial charge in [-0.2, -0.15) is 5.10 Å². The normalized spacial score (nSPS) is 12.9. The Bertz CT molecular complexity index is 1750.